The molecule has 0 aliphatic heterocycles. The summed E-state index contributed by atoms with van der Waals surface area (Å²) in [7, 11) is 0. The number of ether oxygens (including phenoxy) is 1. The quantitative estimate of drug-likeness (QED) is 0.424. The molecule has 5 nitrogen and oxygen atoms in total. The van der Waals surface area contributed by atoms with E-state index >= 15 is 0 Å². The molecule has 0 bridgehead atoms. The van der Waals surface area contributed by atoms with Crippen LogP contribution in [0.1, 0.15) is 16.7 Å². The monoisotopic (exact) mass is 420 g/mol. The average Bonchev–Trinajstić information content (AvgIpc) is 3.13. The molecule has 0 atom stereocenters. The van der Waals surface area contributed by atoms with Gasteiger partial charge >= 0.3 is 0 Å². The molecular weight excluding hydrogens is 400 g/mol. The number of aryl methyl sites for hydroxylation is 3. The number of halogens is 1. The van der Waals surface area contributed by atoms with Crippen LogP contribution in [0, 0.1) is 20.8 Å². The van der Waals surface area contributed by atoms with Crippen LogP contribution in [0.5, 0.6) is 5.75 Å². The van der Waals surface area contributed by atoms with Crippen molar-refractivity contribution in [1.29, 1.82) is 0 Å². The van der Waals surface area contributed by atoms with E-state index in [4.69, 9.17) is 20.8 Å². The van der Waals surface area contributed by atoms with Gasteiger partial charge in [0.05, 0.1) is 10.7 Å². The van der Waals surface area contributed by atoms with Crippen LogP contribution in [0.2, 0.25) is 5.02 Å². The summed E-state index contributed by atoms with van der Waals surface area (Å²) in [6.45, 7) is 5.91. The summed E-state index contributed by atoms with van der Waals surface area (Å²) in [5.41, 5.74) is 6.06. The molecule has 1 heterocycles. The number of oxazole rings is 1. The van der Waals surface area contributed by atoms with E-state index in [0.717, 1.165) is 22.2 Å². The van der Waals surface area contributed by atoms with Gasteiger partial charge in [-0.25, -0.2) is 4.98 Å². The molecule has 1 amide bonds. The van der Waals surface area contributed by atoms with Gasteiger partial charge in [-0.3, -0.25) is 4.79 Å². The SMILES string of the molecule is Cc1ccc2nc(-c3ccc(Cl)c(NC(=O)COc4ccc(C)c(C)c4)c3)oc2c1. The predicted octanol–water partition coefficient (Wildman–Crippen LogP) is 6.09. The lowest BCUT2D eigenvalue weighted by atomic mass is 10.1. The van der Waals surface area contributed by atoms with Gasteiger partial charge in [0.25, 0.3) is 5.91 Å². The third-order valence-corrected chi connectivity index (χ3v) is 5.21. The summed E-state index contributed by atoms with van der Waals surface area (Å²) in [6.07, 6.45) is 0. The van der Waals surface area contributed by atoms with Gasteiger partial charge in [0.2, 0.25) is 5.89 Å². The molecule has 0 radical (unpaired) electrons. The summed E-state index contributed by atoms with van der Waals surface area (Å²) in [5.74, 6) is 0.810. The number of hydrogen-bond acceptors (Lipinski definition) is 4. The molecule has 1 N–H and O–H groups in total. The van der Waals surface area contributed by atoms with Gasteiger partial charge < -0.3 is 14.5 Å². The van der Waals surface area contributed by atoms with E-state index in [0.29, 0.717) is 27.9 Å². The molecule has 4 aromatic rings. The molecule has 1 aromatic heterocycles. The third kappa shape index (κ3) is 4.31. The number of carbonyl (C=O) groups is 1. The second-order valence-electron chi connectivity index (χ2n) is 7.27. The molecule has 30 heavy (non-hydrogen) atoms. The highest BCUT2D eigenvalue weighted by Crippen LogP contribution is 2.30. The van der Waals surface area contributed by atoms with E-state index in [9.17, 15) is 4.79 Å². The Hall–Kier alpha value is -3.31. The zero-order valence-corrected chi connectivity index (χ0v) is 17.7. The number of anilines is 1. The molecule has 152 valence electrons. The number of benzene rings is 3. The Balaban J connectivity index is 1.49. The molecule has 0 saturated heterocycles. The van der Waals surface area contributed by atoms with Gasteiger partial charge in [0.15, 0.2) is 12.2 Å². The lowest BCUT2D eigenvalue weighted by Crippen LogP contribution is -2.20. The summed E-state index contributed by atoms with van der Waals surface area (Å²) < 4.78 is 11.5. The fraction of sp³-hybridized carbons (Fsp3) is 0.167. The summed E-state index contributed by atoms with van der Waals surface area (Å²) in [5, 5.41) is 3.22. The maximum absolute atomic E-state index is 12.4. The van der Waals surface area contributed by atoms with Gasteiger partial charge in [-0.15, -0.1) is 0 Å². The lowest BCUT2D eigenvalue weighted by molar-refractivity contribution is -0.118. The van der Waals surface area contributed by atoms with E-state index in [1.807, 2.05) is 57.2 Å². The third-order valence-electron chi connectivity index (χ3n) is 4.88. The minimum absolute atomic E-state index is 0.120. The van der Waals surface area contributed by atoms with Gasteiger partial charge in [-0.1, -0.05) is 23.7 Å². The molecule has 0 saturated carbocycles. The Morgan fingerprint density at radius 3 is 2.67 bits per heavy atom. The zero-order chi connectivity index (χ0) is 21.3. The topological polar surface area (TPSA) is 64.4 Å². The molecule has 0 aliphatic carbocycles. The molecule has 0 unspecified atom stereocenters. The Morgan fingerprint density at radius 2 is 1.87 bits per heavy atom. The van der Waals surface area contributed by atoms with Gasteiger partial charge in [-0.05, 0) is 79.9 Å². The number of carbonyl (C=O) groups excluding carboxylic acids is 1. The fourth-order valence-corrected chi connectivity index (χ4v) is 3.21. The minimum atomic E-state index is -0.305. The first kappa shape index (κ1) is 20.0. The van der Waals surface area contributed by atoms with Crippen molar-refractivity contribution >= 4 is 34.3 Å². The van der Waals surface area contributed by atoms with Crippen molar-refractivity contribution in [2.75, 3.05) is 11.9 Å². The van der Waals surface area contributed by atoms with Gasteiger partial charge in [0.1, 0.15) is 11.3 Å². The number of rotatable bonds is 5. The maximum Gasteiger partial charge on any atom is 0.262 e. The van der Waals surface area contributed by atoms with Crippen molar-refractivity contribution in [1.82, 2.24) is 4.98 Å². The van der Waals surface area contributed by atoms with Gasteiger partial charge in [0, 0.05) is 5.56 Å². The lowest BCUT2D eigenvalue weighted by Gasteiger charge is -2.10. The van der Waals surface area contributed by atoms with Crippen LogP contribution in [0.25, 0.3) is 22.6 Å². The van der Waals surface area contributed by atoms with Crippen LogP contribution in [0.4, 0.5) is 5.69 Å². The van der Waals surface area contributed by atoms with Crippen molar-refractivity contribution in [3.63, 3.8) is 0 Å². The molecule has 6 heteroatoms. The largest absolute Gasteiger partial charge is 0.484 e. The van der Waals surface area contributed by atoms with E-state index in [1.165, 1.54) is 5.56 Å². The standard InChI is InChI=1S/C24H21ClN2O3/c1-14-4-9-20-22(10-14)30-24(27-20)17-6-8-19(25)21(12-17)26-23(28)13-29-18-7-5-15(2)16(3)11-18/h4-12H,13H2,1-3H3,(H,26,28). The minimum Gasteiger partial charge on any atom is -0.484 e. The van der Waals surface area contributed by atoms with Crippen molar-refractivity contribution in [3.05, 3.63) is 76.3 Å². The molecule has 0 aliphatic rings. The number of fused-ring (bicyclic) bond motifs is 1. The molecule has 0 fully saturated rings. The van der Waals surface area contributed by atoms with Crippen molar-refractivity contribution in [2.45, 2.75) is 20.8 Å². The van der Waals surface area contributed by atoms with Crippen LogP contribution in [0.15, 0.2) is 59.0 Å². The summed E-state index contributed by atoms with van der Waals surface area (Å²) >= 11 is 6.28. The average molecular weight is 421 g/mol. The van der Waals surface area contributed by atoms with Crippen molar-refractivity contribution < 1.29 is 13.9 Å². The van der Waals surface area contributed by atoms with Crippen molar-refractivity contribution in [2.24, 2.45) is 0 Å². The Bertz CT molecular complexity index is 1250. The molecule has 0 spiro atoms. The first-order chi connectivity index (χ1) is 14.4. The zero-order valence-electron chi connectivity index (χ0n) is 17.0. The van der Waals surface area contributed by atoms with Crippen LogP contribution in [-0.2, 0) is 4.79 Å². The first-order valence-electron chi connectivity index (χ1n) is 9.56. The van der Waals surface area contributed by atoms with Crippen LogP contribution >= 0.6 is 11.6 Å². The summed E-state index contributed by atoms with van der Waals surface area (Å²) in [6, 6.07) is 16.8. The number of nitrogens with one attached hydrogen (secondary N) is 1. The van der Waals surface area contributed by atoms with Crippen LogP contribution in [0.3, 0.4) is 0 Å². The highest BCUT2D eigenvalue weighted by Gasteiger charge is 2.13. The van der Waals surface area contributed by atoms with E-state index in [1.54, 1.807) is 18.2 Å². The van der Waals surface area contributed by atoms with Crippen molar-refractivity contribution in [3.8, 4) is 17.2 Å². The van der Waals surface area contributed by atoms with Crippen LogP contribution < -0.4 is 10.1 Å². The van der Waals surface area contributed by atoms with E-state index in [-0.39, 0.29) is 12.5 Å². The number of nitrogens with zero attached hydrogens (tertiary/aromatic N) is 1. The van der Waals surface area contributed by atoms with Crippen LogP contribution in [-0.4, -0.2) is 17.5 Å². The summed E-state index contributed by atoms with van der Waals surface area (Å²) in [4.78, 5) is 16.9. The Kier molecular flexibility index (Phi) is 5.46. The number of amides is 1. The highest BCUT2D eigenvalue weighted by molar-refractivity contribution is 6.33. The highest BCUT2D eigenvalue weighted by atomic mass is 35.5. The first-order valence-corrected chi connectivity index (χ1v) is 9.94. The normalized spacial score (nSPS) is 10.9. The molecule has 3 aromatic carbocycles. The second kappa shape index (κ2) is 8.20. The molecular formula is C24H21ClN2O3. The maximum atomic E-state index is 12.4. The van der Waals surface area contributed by atoms with E-state index in [2.05, 4.69) is 10.3 Å². The molecule has 4 rings (SSSR count). The Labute approximate surface area is 179 Å². The predicted molar refractivity (Wildman–Crippen MR) is 119 cm³/mol. The van der Waals surface area contributed by atoms with E-state index < -0.39 is 0 Å². The fourth-order valence-electron chi connectivity index (χ4n) is 3.05. The Morgan fingerprint density at radius 1 is 1.03 bits per heavy atom. The second-order valence-corrected chi connectivity index (χ2v) is 7.67. The number of hydrogen-bond donors (Lipinski definition) is 1. The van der Waals surface area contributed by atoms with Gasteiger partial charge in [-0.2, -0.15) is 0 Å². The smallest absolute Gasteiger partial charge is 0.262 e. The number of aromatic nitrogens is 1.